The highest BCUT2D eigenvalue weighted by atomic mass is 35.5. The zero-order valence-electron chi connectivity index (χ0n) is 14.0. The van der Waals surface area contributed by atoms with Crippen molar-refractivity contribution >= 4 is 27.5 Å². The van der Waals surface area contributed by atoms with Gasteiger partial charge in [0, 0.05) is 30.7 Å². The third-order valence-electron chi connectivity index (χ3n) is 4.06. The van der Waals surface area contributed by atoms with E-state index in [2.05, 4.69) is 5.32 Å². The van der Waals surface area contributed by atoms with Crippen LogP contribution in [-0.2, 0) is 16.4 Å². The first-order valence-corrected chi connectivity index (χ1v) is 10.1. The summed E-state index contributed by atoms with van der Waals surface area (Å²) in [6.07, 6.45) is 0.504. The molecule has 134 valence electrons. The maximum Gasteiger partial charge on any atom is 0.317 e. The fraction of sp³-hybridized carbons (Fsp3) is 0.562. The van der Waals surface area contributed by atoms with E-state index in [4.69, 9.17) is 11.6 Å². The molecule has 0 spiro atoms. The number of likely N-dealkylation sites (N-methyl/N-ethyl adjacent to an activating group) is 1. The predicted molar refractivity (Wildman–Crippen MR) is 96.0 cm³/mol. The first-order valence-electron chi connectivity index (χ1n) is 7.91. The third kappa shape index (κ3) is 5.65. The minimum Gasteiger partial charge on any atom is -0.334 e. The van der Waals surface area contributed by atoms with Crippen molar-refractivity contribution in [3.8, 4) is 0 Å². The van der Waals surface area contributed by atoms with Gasteiger partial charge in [0.1, 0.15) is 0 Å². The van der Waals surface area contributed by atoms with Crippen LogP contribution in [0.2, 0.25) is 5.02 Å². The molecule has 0 saturated carbocycles. The van der Waals surface area contributed by atoms with Crippen molar-refractivity contribution in [3.63, 3.8) is 0 Å². The Morgan fingerprint density at radius 3 is 2.46 bits per heavy atom. The highest BCUT2D eigenvalue weighted by molar-refractivity contribution is 7.91. The van der Waals surface area contributed by atoms with Crippen LogP contribution < -0.4 is 5.32 Å². The Labute approximate surface area is 148 Å². The number of sulfone groups is 1. The number of hydrogen-bond acceptors (Lipinski definition) is 4. The van der Waals surface area contributed by atoms with Gasteiger partial charge in [-0.25, -0.2) is 13.2 Å². The lowest BCUT2D eigenvalue weighted by molar-refractivity contribution is 0.172. The molecule has 2 rings (SSSR count). The molecule has 1 atom stereocenters. The summed E-state index contributed by atoms with van der Waals surface area (Å²) in [5.41, 5.74) is 0.944. The van der Waals surface area contributed by atoms with Crippen LogP contribution in [0.5, 0.6) is 0 Å². The maximum atomic E-state index is 12.6. The number of nitrogens with zero attached hydrogens (tertiary/aromatic N) is 2. The number of urea groups is 1. The summed E-state index contributed by atoms with van der Waals surface area (Å²) in [5.74, 6) is 0.204. The van der Waals surface area contributed by atoms with E-state index in [9.17, 15) is 13.2 Å². The summed E-state index contributed by atoms with van der Waals surface area (Å²) in [6.45, 7) is 1.57. The van der Waals surface area contributed by atoms with Crippen LogP contribution in [0.15, 0.2) is 24.3 Å². The summed E-state index contributed by atoms with van der Waals surface area (Å²) < 4.78 is 23.5. The quantitative estimate of drug-likeness (QED) is 0.822. The number of nitrogens with one attached hydrogen (secondary N) is 1. The van der Waals surface area contributed by atoms with Crippen molar-refractivity contribution < 1.29 is 13.2 Å². The molecule has 6 nitrogen and oxygen atoms in total. The molecule has 1 unspecified atom stereocenters. The first kappa shape index (κ1) is 19.0. The number of amides is 2. The lowest BCUT2D eigenvalue weighted by Gasteiger charge is -2.29. The van der Waals surface area contributed by atoms with Crippen LogP contribution in [0, 0.1) is 0 Å². The zero-order chi connectivity index (χ0) is 17.7. The van der Waals surface area contributed by atoms with Gasteiger partial charge in [-0.3, -0.25) is 0 Å². The number of benzene rings is 1. The Morgan fingerprint density at radius 2 is 1.92 bits per heavy atom. The molecule has 1 aliphatic rings. The van der Waals surface area contributed by atoms with Gasteiger partial charge in [0.05, 0.1) is 11.5 Å². The Bertz CT molecular complexity index is 662. The number of rotatable bonds is 6. The van der Waals surface area contributed by atoms with Gasteiger partial charge in [-0.2, -0.15) is 0 Å². The Morgan fingerprint density at radius 1 is 1.25 bits per heavy atom. The molecule has 1 heterocycles. The maximum absolute atomic E-state index is 12.6. The SMILES string of the molecule is CN(C)CCN(C(=O)NCc1ccc(Cl)cc1)C1CCS(=O)(=O)C1. The molecular weight excluding hydrogens is 350 g/mol. The molecule has 24 heavy (non-hydrogen) atoms. The number of carbonyl (C=O) groups is 1. The molecule has 1 saturated heterocycles. The Hall–Kier alpha value is -1.31. The molecule has 0 aliphatic carbocycles. The van der Waals surface area contributed by atoms with Gasteiger partial charge in [0.2, 0.25) is 0 Å². The van der Waals surface area contributed by atoms with E-state index in [0.29, 0.717) is 31.1 Å². The van der Waals surface area contributed by atoms with Gasteiger partial charge in [-0.1, -0.05) is 23.7 Å². The topological polar surface area (TPSA) is 69.7 Å². The van der Waals surface area contributed by atoms with Crippen molar-refractivity contribution in [3.05, 3.63) is 34.9 Å². The van der Waals surface area contributed by atoms with Crippen molar-refractivity contribution in [1.29, 1.82) is 0 Å². The molecule has 0 aromatic heterocycles. The van der Waals surface area contributed by atoms with Crippen LogP contribution in [0.1, 0.15) is 12.0 Å². The third-order valence-corrected chi connectivity index (χ3v) is 6.06. The average molecular weight is 374 g/mol. The molecule has 2 amide bonds. The molecular formula is C16H24ClN3O3S. The molecule has 0 radical (unpaired) electrons. The van der Waals surface area contributed by atoms with Crippen molar-refractivity contribution in [2.45, 2.75) is 19.0 Å². The highest BCUT2D eigenvalue weighted by Crippen LogP contribution is 2.18. The lowest BCUT2D eigenvalue weighted by Crippen LogP contribution is -2.49. The monoisotopic (exact) mass is 373 g/mol. The molecule has 0 bridgehead atoms. The first-order chi connectivity index (χ1) is 11.3. The van der Waals surface area contributed by atoms with Crippen LogP contribution in [0.25, 0.3) is 0 Å². The van der Waals surface area contributed by atoms with E-state index >= 15 is 0 Å². The van der Waals surface area contributed by atoms with Gasteiger partial charge < -0.3 is 15.1 Å². The van der Waals surface area contributed by atoms with Crippen molar-refractivity contribution in [2.24, 2.45) is 0 Å². The summed E-state index contributed by atoms with van der Waals surface area (Å²) in [6, 6.07) is 6.78. The van der Waals surface area contributed by atoms with E-state index in [1.807, 2.05) is 31.1 Å². The van der Waals surface area contributed by atoms with Crippen LogP contribution in [0.4, 0.5) is 4.79 Å². The van der Waals surface area contributed by atoms with E-state index in [1.54, 1.807) is 17.0 Å². The van der Waals surface area contributed by atoms with Crippen LogP contribution >= 0.6 is 11.6 Å². The van der Waals surface area contributed by atoms with Gasteiger partial charge in [0.15, 0.2) is 9.84 Å². The fourth-order valence-electron chi connectivity index (χ4n) is 2.66. The average Bonchev–Trinajstić information content (AvgIpc) is 2.86. The highest BCUT2D eigenvalue weighted by Gasteiger charge is 2.34. The predicted octanol–water partition coefficient (Wildman–Crippen LogP) is 1.60. The number of hydrogen-bond donors (Lipinski definition) is 1. The smallest absolute Gasteiger partial charge is 0.317 e. The summed E-state index contributed by atoms with van der Waals surface area (Å²) in [4.78, 5) is 16.2. The molecule has 8 heteroatoms. The van der Waals surface area contributed by atoms with Crippen LogP contribution in [0.3, 0.4) is 0 Å². The van der Waals surface area contributed by atoms with Gasteiger partial charge in [0.25, 0.3) is 0 Å². The Balaban J connectivity index is 1.99. The minimum absolute atomic E-state index is 0.0504. The second-order valence-corrected chi connectivity index (χ2v) is 9.00. The van der Waals surface area contributed by atoms with E-state index in [1.165, 1.54) is 0 Å². The molecule has 1 N–H and O–H groups in total. The molecule has 1 fully saturated rings. The van der Waals surface area contributed by atoms with E-state index in [-0.39, 0.29) is 23.6 Å². The van der Waals surface area contributed by atoms with Crippen molar-refractivity contribution in [1.82, 2.24) is 15.1 Å². The molecule has 1 aliphatic heterocycles. The number of halogens is 1. The zero-order valence-corrected chi connectivity index (χ0v) is 15.6. The Kier molecular flexibility index (Phi) is 6.48. The second-order valence-electron chi connectivity index (χ2n) is 6.34. The van der Waals surface area contributed by atoms with Gasteiger partial charge >= 0.3 is 6.03 Å². The second kappa shape index (κ2) is 8.18. The lowest BCUT2D eigenvalue weighted by atomic mass is 10.2. The molecule has 1 aromatic carbocycles. The van der Waals surface area contributed by atoms with Gasteiger partial charge in [-0.15, -0.1) is 0 Å². The fourth-order valence-corrected chi connectivity index (χ4v) is 4.52. The summed E-state index contributed by atoms with van der Waals surface area (Å²) in [5, 5.41) is 3.52. The van der Waals surface area contributed by atoms with E-state index < -0.39 is 9.84 Å². The normalized spacial score (nSPS) is 19.4. The van der Waals surface area contributed by atoms with Crippen molar-refractivity contribution in [2.75, 3.05) is 38.7 Å². The summed E-state index contributed by atoms with van der Waals surface area (Å²) in [7, 11) is 0.817. The van der Waals surface area contributed by atoms with E-state index in [0.717, 1.165) is 5.56 Å². The van der Waals surface area contributed by atoms with Gasteiger partial charge in [-0.05, 0) is 38.2 Å². The largest absolute Gasteiger partial charge is 0.334 e. The summed E-state index contributed by atoms with van der Waals surface area (Å²) >= 11 is 5.85. The standard InChI is InChI=1S/C16H24ClN3O3S/c1-19(2)8-9-20(15-7-10-24(22,23)12-15)16(21)18-11-13-3-5-14(17)6-4-13/h3-6,15H,7-12H2,1-2H3,(H,18,21). The minimum atomic E-state index is -3.03. The molecule has 1 aromatic rings. The number of carbonyl (C=O) groups excluding carboxylic acids is 1. The van der Waals surface area contributed by atoms with Crippen LogP contribution in [-0.4, -0.2) is 69.0 Å².